The van der Waals surface area contributed by atoms with Crippen molar-refractivity contribution in [3.63, 3.8) is 0 Å². The first-order valence-corrected chi connectivity index (χ1v) is 12.0. The maximum absolute atomic E-state index is 13.4. The molecule has 1 fully saturated rings. The van der Waals surface area contributed by atoms with Gasteiger partial charge in [-0.3, -0.25) is 19.7 Å². The lowest BCUT2D eigenvalue weighted by Gasteiger charge is -2.36. The van der Waals surface area contributed by atoms with Crippen LogP contribution in [0.25, 0.3) is 0 Å². The van der Waals surface area contributed by atoms with Gasteiger partial charge >= 0.3 is 5.97 Å². The van der Waals surface area contributed by atoms with E-state index in [0.717, 1.165) is 24.3 Å². The number of likely N-dealkylation sites (tertiary alicyclic amines) is 1. The summed E-state index contributed by atoms with van der Waals surface area (Å²) < 4.78 is 0. The van der Waals surface area contributed by atoms with Crippen LogP contribution in [-0.2, 0) is 21.5 Å². The minimum atomic E-state index is -1.60. The van der Waals surface area contributed by atoms with Crippen LogP contribution in [0.5, 0.6) is 0 Å². The number of nitrogens with zero attached hydrogens (tertiary/aromatic N) is 3. The SMILES string of the molecule is CCN(CC)c1ccc([C@H]2N(Cc3ccccc3)C(=O)C[C@@]2(C(=O)O)c2ccc([N+](=O)[O-])cc2)cc1. The van der Waals surface area contributed by atoms with Crippen molar-refractivity contribution in [1.29, 1.82) is 0 Å². The highest BCUT2D eigenvalue weighted by atomic mass is 16.6. The minimum absolute atomic E-state index is 0.134. The van der Waals surface area contributed by atoms with Crippen molar-refractivity contribution >= 4 is 23.3 Å². The Balaban J connectivity index is 1.86. The fraction of sp³-hybridized carbons (Fsp3) is 0.286. The highest BCUT2D eigenvalue weighted by Gasteiger charge is 2.58. The summed E-state index contributed by atoms with van der Waals surface area (Å²) in [6, 6.07) is 21.8. The van der Waals surface area contributed by atoms with E-state index in [2.05, 4.69) is 18.7 Å². The van der Waals surface area contributed by atoms with Crippen LogP contribution in [0.4, 0.5) is 11.4 Å². The smallest absolute Gasteiger partial charge is 0.317 e. The molecule has 1 saturated heterocycles. The van der Waals surface area contributed by atoms with Gasteiger partial charge in [0.2, 0.25) is 5.91 Å². The van der Waals surface area contributed by atoms with Crippen LogP contribution >= 0.6 is 0 Å². The Morgan fingerprint density at radius 3 is 2.17 bits per heavy atom. The Kier molecular flexibility index (Phi) is 7.05. The predicted molar refractivity (Wildman–Crippen MR) is 137 cm³/mol. The Hall–Kier alpha value is -4.20. The molecule has 8 heteroatoms. The summed E-state index contributed by atoms with van der Waals surface area (Å²) in [5, 5.41) is 21.8. The van der Waals surface area contributed by atoms with Crippen molar-refractivity contribution in [2.24, 2.45) is 0 Å². The number of hydrogen-bond donors (Lipinski definition) is 1. The van der Waals surface area contributed by atoms with Gasteiger partial charge in [0, 0.05) is 43.9 Å². The van der Waals surface area contributed by atoms with E-state index in [-0.39, 0.29) is 24.6 Å². The number of nitro benzene ring substituents is 1. The zero-order valence-corrected chi connectivity index (χ0v) is 20.3. The number of amides is 1. The van der Waals surface area contributed by atoms with E-state index in [1.54, 1.807) is 4.90 Å². The molecular weight excluding hydrogens is 458 g/mol. The number of benzene rings is 3. The molecule has 0 radical (unpaired) electrons. The average Bonchev–Trinajstić information content (AvgIpc) is 3.19. The molecule has 0 saturated carbocycles. The summed E-state index contributed by atoms with van der Waals surface area (Å²) in [4.78, 5) is 40.9. The molecule has 0 aromatic heterocycles. The van der Waals surface area contributed by atoms with Crippen molar-refractivity contribution in [2.75, 3.05) is 18.0 Å². The maximum Gasteiger partial charge on any atom is 0.317 e. The van der Waals surface area contributed by atoms with Gasteiger partial charge in [-0.1, -0.05) is 54.6 Å². The Morgan fingerprint density at radius 1 is 1.03 bits per heavy atom. The summed E-state index contributed by atoms with van der Waals surface area (Å²) in [5.74, 6) is -1.42. The Bertz CT molecular complexity index is 1240. The molecule has 36 heavy (non-hydrogen) atoms. The van der Waals surface area contributed by atoms with Gasteiger partial charge in [-0.05, 0) is 42.7 Å². The van der Waals surface area contributed by atoms with Crippen LogP contribution < -0.4 is 4.90 Å². The van der Waals surface area contributed by atoms with Crippen LogP contribution in [-0.4, -0.2) is 39.9 Å². The van der Waals surface area contributed by atoms with Crippen molar-refractivity contribution < 1.29 is 19.6 Å². The van der Waals surface area contributed by atoms with E-state index in [1.165, 1.54) is 24.3 Å². The van der Waals surface area contributed by atoms with Gasteiger partial charge in [0.15, 0.2) is 0 Å². The second kappa shape index (κ2) is 10.2. The first kappa shape index (κ1) is 24.9. The molecule has 0 spiro atoms. The van der Waals surface area contributed by atoms with Crippen molar-refractivity contribution in [2.45, 2.75) is 38.3 Å². The zero-order chi connectivity index (χ0) is 25.9. The lowest BCUT2D eigenvalue weighted by molar-refractivity contribution is -0.384. The highest BCUT2D eigenvalue weighted by Crippen LogP contribution is 2.51. The van der Waals surface area contributed by atoms with Crippen molar-refractivity contribution in [3.05, 3.63) is 106 Å². The van der Waals surface area contributed by atoms with Gasteiger partial charge in [0.1, 0.15) is 5.41 Å². The Morgan fingerprint density at radius 2 is 1.64 bits per heavy atom. The van der Waals surface area contributed by atoms with Gasteiger partial charge in [-0.15, -0.1) is 0 Å². The van der Waals surface area contributed by atoms with Crippen molar-refractivity contribution in [3.8, 4) is 0 Å². The molecule has 3 aromatic carbocycles. The number of non-ortho nitro benzene ring substituents is 1. The van der Waals surface area contributed by atoms with E-state index in [9.17, 15) is 24.8 Å². The van der Waals surface area contributed by atoms with E-state index < -0.39 is 22.3 Å². The second-order valence-corrected chi connectivity index (χ2v) is 8.93. The molecule has 0 bridgehead atoms. The fourth-order valence-corrected chi connectivity index (χ4v) is 5.18. The molecule has 1 N–H and O–H groups in total. The fourth-order valence-electron chi connectivity index (χ4n) is 5.18. The number of carbonyl (C=O) groups excluding carboxylic acids is 1. The van der Waals surface area contributed by atoms with Crippen LogP contribution in [0.3, 0.4) is 0 Å². The van der Waals surface area contributed by atoms with Gasteiger partial charge in [0.25, 0.3) is 5.69 Å². The van der Waals surface area contributed by atoms with Crippen molar-refractivity contribution in [1.82, 2.24) is 4.90 Å². The van der Waals surface area contributed by atoms with E-state index in [1.807, 2.05) is 54.6 Å². The second-order valence-electron chi connectivity index (χ2n) is 8.93. The zero-order valence-electron chi connectivity index (χ0n) is 20.3. The molecule has 186 valence electrons. The predicted octanol–water partition coefficient (Wildman–Crippen LogP) is 4.94. The van der Waals surface area contributed by atoms with E-state index in [4.69, 9.17) is 0 Å². The van der Waals surface area contributed by atoms with Crippen LogP contribution in [0.2, 0.25) is 0 Å². The number of carboxylic acid groups (broad SMARTS) is 1. The molecule has 0 aliphatic carbocycles. The Labute approximate surface area is 209 Å². The van der Waals surface area contributed by atoms with Crippen LogP contribution in [0.15, 0.2) is 78.9 Å². The highest BCUT2D eigenvalue weighted by molar-refractivity contribution is 5.95. The summed E-state index contributed by atoms with van der Waals surface area (Å²) in [6.07, 6.45) is -0.241. The number of carbonyl (C=O) groups is 2. The lowest BCUT2D eigenvalue weighted by Crippen LogP contribution is -2.42. The molecule has 8 nitrogen and oxygen atoms in total. The van der Waals surface area contributed by atoms with E-state index >= 15 is 0 Å². The summed E-state index contributed by atoms with van der Waals surface area (Å²) in [6.45, 7) is 6.06. The molecule has 1 heterocycles. The normalized spacial score (nSPS) is 19.3. The first-order valence-electron chi connectivity index (χ1n) is 12.0. The first-order chi connectivity index (χ1) is 17.3. The lowest BCUT2D eigenvalue weighted by atomic mass is 9.71. The molecule has 1 aliphatic heterocycles. The van der Waals surface area contributed by atoms with Gasteiger partial charge < -0.3 is 14.9 Å². The number of anilines is 1. The molecule has 4 rings (SSSR count). The summed E-state index contributed by atoms with van der Waals surface area (Å²) >= 11 is 0. The van der Waals surface area contributed by atoms with Gasteiger partial charge in [0.05, 0.1) is 11.0 Å². The quantitative estimate of drug-likeness (QED) is 0.339. The minimum Gasteiger partial charge on any atom is -0.480 e. The summed E-state index contributed by atoms with van der Waals surface area (Å²) in [5.41, 5.74) is 1.23. The average molecular weight is 488 g/mol. The third-order valence-electron chi connectivity index (χ3n) is 7.04. The molecule has 0 unspecified atom stereocenters. The third kappa shape index (κ3) is 4.42. The van der Waals surface area contributed by atoms with Gasteiger partial charge in [-0.2, -0.15) is 0 Å². The van der Waals surface area contributed by atoms with Crippen LogP contribution in [0.1, 0.15) is 43.0 Å². The largest absolute Gasteiger partial charge is 0.480 e. The van der Waals surface area contributed by atoms with E-state index in [0.29, 0.717) is 11.1 Å². The monoisotopic (exact) mass is 487 g/mol. The number of rotatable bonds is 9. The molecule has 3 aromatic rings. The number of nitro groups is 1. The molecule has 1 amide bonds. The molecular formula is C28H29N3O5. The number of hydrogen-bond acceptors (Lipinski definition) is 5. The summed E-state index contributed by atoms with van der Waals surface area (Å²) in [7, 11) is 0. The number of aliphatic carboxylic acids is 1. The third-order valence-corrected chi connectivity index (χ3v) is 7.04. The maximum atomic E-state index is 13.4. The molecule has 2 atom stereocenters. The molecule has 1 aliphatic rings. The van der Waals surface area contributed by atoms with Crippen LogP contribution in [0, 0.1) is 10.1 Å². The standard InChI is InChI=1S/C28H29N3O5/c1-3-29(4-2)23-14-10-21(11-15-23)26-28(27(33)34,22-12-16-24(17-13-22)31(35)36)18-25(32)30(26)19-20-8-6-5-7-9-20/h5-17,26H,3-4,18-19H2,1-2H3,(H,33,34)/t26-,28-/m1/s1. The number of carboxylic acids is 1. The van der Waals surface area contributed by atoms with Gasteiger partial charge in [-0.25, -0.2) is 0 Å². The topological polar surface area (TPSA) is 104 Å².